The Morgan fingerprint density at radius 1 is 1.25 bits per heavy atom. The number of aromatic nitrogens is 4. The number of urea groups is 1. The topological polar surface area (TPSA) is 87.5 Å². The highest BCUT2D eigenvalue weighted by molar-refractivity contribution is 5.77. The SMILES string of the molecule is CN(C)C(=O)N1C[C@H]2CN(C(=O)Cn3cnnn3)C[C@H]2[C@H]1c1cccc(F)c1. The van der Waals surface area contributed by atoms with E-state index in [-0.39, 0.29) is 42.2 Å². The Labute approximate surface area is 161 Å². The molecule has 148 valence electrons. The van der Waals surface area contributed by atoms with Crippen molar-refractivity contribution in [3.63, 3.8) is 0 Å². The van der Waals surface area contributed by atoms with Gasteiger partial charge in [0.05, 0.1) is 6.04 Å². The highest BCUT2D eigenvalue weighted by Crippen LogP contribution is 2.45. The molecule has 0 unspecified atom stereocenters. The summed E-state index contributed by atoms with van der Waals surface area (Å²) in [6.45, 7) is 1.70. The molecule has 2 fully saturated rings. The number of halogens is 1. The Hall–Kier alpha value is -3.04. The van der Waals surface area contributed by atoms with Crippen LogP contribution in [0, 0.1) is 17.7 Å². The van der Waals surface area contributed by atoms with E-state index in [2.05, 4.69) is 15.5 Å². The molecule has 0 N–H and O–H groups in total. The molecule has 3 amide bonds. The normalized spacial score (nSPS) is 23.8. The minimum absolute atomic E-state index is 0.0588. The van der Waals surface area contributed by atoms with Crippen molar-refractivity contribution >= 4 is 11.9 Å². The predicted octanol–water partition coefficient (Wildman–Crippen LogP) is 0.625. The van der Waals surface area contributed by atoms with Crippen molar-refractivity contribution in [2.24, 2.45) is 11.8 Å². The molecular formula is C18H22FN7O2. The van der Waals surface area contributed by atoms with Crippen molar-refractivity contribution < 1.29 is 14.0 Å². The van der Waals surface area contributed by atoms with Crippen LogP contribution in [-0.4, -0.2) is 80.6 Å². The average Bonchev–Trinajstić information content (AvgIpc) is 3.36. The van der Waals surface area contributed by atoms with E-state index < -0.39 is 0 Å². The number of rotatable bonds is 3. The van der Waals surface area contributed by atoms with Crippen LogP contribution in [-0.2, 0) is 11.3 Å². The van der Waals surface area contributed by atoms with Crippen LogP contribution in [0.15, 0.2) is 30.6 Å². The summed E-state index contributed by atoms with van der Waals surface area (Å²) >= 11 is 0. The summed E-state index contributed by atoms with van der Waals surface area (Å²) in [6.07, 6.45) is 1.40. The van der Waals surface area contributed by atoms with Crippen LogP contribution in [0.25, 0.3) is 0 Å². The second kappa shape index (κ2) is 7.17. The summed E-state index contributed by atoms with van der Waals surface area (Å²) in [5.41, 5.74) is 0.762. The maximum atomic E-state index is 13.9. The fourth-order valence-corrected chi connectivity index (χ4v) is 4.31. The van der Waals surface area contributed by atoms with Gasteiger partial charge < -0.3 is 14.7 Å². The lowest BCUT2D eigenvalue weighted by molar-refractivity contribution is -0.131. The number of tetrazole rings is 1. The van der Waals surface area contributed by atoms with Crippen LogP contribution >= 0.6 is 0 Å². The summed E-state index contributed by atoms with van der Waals surface area (Å²) in [7, 11) is 3.42. The van der Waals surface area contributed by atoms with E-state index in [1.807, 2.05) is 6.07 Å². The van der Waals surface area contributed by atoms with Crippen LogP contribution in [0.3, 0.4) is 0 Å². The van der Waals surface area contributed by atoms with Crippen molar-refractivity contribution in [1.29, 1.82) is 0 Å². The maximum absolute atomic E-state index is 13.9. The van der Waals surface area contributed by atoms with Crippen LogP contribution in [0.5, 0.6) is 0 Å². The number of fused-ring (bicyclic) bond motifs is 1. The van der Waals surface area contributed by atoms with Gasteiger partial charge in [0.25, 0.3) is 0 Å². The molecule has 1 aromatic heterocycles. The van der Waals surface area contributed by atoms with E-state index in [9.17, 15) is 14.0 Å². The van der Waals surface area contributed by atoms with Crippen LogP contribution < -0.4 is 0 Å². The third-order valence-electron chi connectivity index (χ3n) is 5.52. The van der Waals surface area contributed by atoms with Crippen molar-refractivity contribution in [3.8, 4) is 0 Å². The third kappa shape index (κ3) is 3.30. The van der Waals surface area contributed by atoms with Crippen LogP contribution in [0.2, 0.25) is 0 Å². The van der Waals surface area contributed by atoms with Gasteiger partial charge in [0.1, 0.15) is 18.7 Å². The fraction of sp³-hybridized carbons (Fsp3) is 0.500. The van der Waals surface area contributed by atoms with Gasteiger partial charge in [-0.3, -0.25) is 4.79 Å². The van der Waals surface area contributed by atoms with Crippen molar-refractivity contribution in [2.75, 3.05) is 33.7 Å². The van der Waals surface area contributed by atoms with Gasteiger partial charge in [-0.2, -0.15) is 0 Å². The molecule has 2 aromatic rings. The molecule has 2 aliphatic rings. The average molecular weight is 387 g/mol. The van der Waals surface area contributed by atoms with E-state index in [1.54, 1.807) is 30.0 Å². The molecule has 9 nitrogen and oxygen atoms in total. The summed E-state index contributed by atoms with van der Waals surface area (Å²) in [5.74, 6) is -0.188. The largest absolute Gasteiger partial charge is 0.340 e. The number of carbonyl (C=O) groups is 2. The first-order valence-corrected chi connectivity index (χ1v) is 9.16. The van der Waals surface area contributed by atoms with E-state index >= 15 is 0 Å². The van der Waals surface area contributed by atoms with E-state index in [1.165, 1.54) is 28.0 Å². The molecule has 3 atom stereocenters. The molecule has 0 saturated carbocycles. The zero-order valence-corrected chi connectivity index (χ0v) is 15.8. The van der Waals surface area contributed by atoms with Gasteiger partial charge in [-0.05, 0) is 28.1 Å². The smallest absolute Gasteiger partial charge is 0.320 e. The monoisotopic (exact) mass is 387 g/mol. The fourth-order valence-electron chi connectivity index (χ4n) is 4.31. The number of amides is 3. The summed E-state index contributed by atoms with van der Waals surface area (Å²) in [6, 6.07) is 6.01. The Balaban J connectivity index is 1.56. The number of carbonyl (C=O) groups excluding carboxylic acids is 2. The van der Waals surface area contributed by atoms with Gasteiger partial charge in [-0.1, -0.05) is 12.1 Å². The zero-order chi connectivity index (χ0) is 19.8. The first-order valence-electron chi connectivity index (χ1n) is 9.16. The molecule has 2 aliphatic heterocycles. The molecule has 4 rings (SSSR count). The van der Waals surface area contributed by atoms with Crippen molar-refractivity contribution in [3.05, 3.63) is 42.0 Å². The van der Waals surface area contributed by atoms with Crippen LogP contribution in [0.4, 0.5) is 9.18 Å². The summed E-state index contributed by atoms with van der Waals surface area (Å²) in [4.78, 5) is 30.5. The number of hydrogen-bond donors (Lipinski definition) is 0. The lowest BCUT2D eigenvalue weighted by atomic mass is 9.89. The van der Waals surface area contributed by atoms with Gasteiger partial charge in [0, 0.05) is 45.6 Å². The quantitative estimate of drug-likeness (QED) is 0.771. The third-order valence-corrected chi connectivity index (χ3v) is 5.52. The highest BCUT2D eigenvalue weighted by Gasteiger charge is 2.50. The first kappa shape index (κ1) is 18.3. The number of likely N-dealkylation sites (tertiary alicyclic amines) is 2. The Morgan fingerprint density at radius 3 is 2.75 bits per heavy atom. The van der Waals surface area contributed by atoms with Gasteiger partial charge >= 0.3 is 6.03 Å². The molecule has 28 heavy (non-hydrogen) atoms. The summed E-state index contributed by atoms with van der Waals surface area (Å²) in [5, 5.41) is 10.8. The number of nitrogens with zero attached hydrogens (tertiary/aromatic N) is 7. The minimum atomic E-state index is -0.331. The Morgan fingerprint density at radius 2 is 2.07 bits per heavy atom. The highest BCUT2D eigenvalue weighted by atomic mass is 19.1. The molecule has 0 radical (unpaired) electrons. The second-order valence-corrected chi connectivity index (χ2v) is 7.56. The zero-order valence-electron chi connectivity index (χ0n) is 15.8. The lowest BCUT2D eigenvalue weighted by Crippen LogP contribution is -2.42. The van der Waals surface area contributed by atoms with E-state index in [0.29, 0.717) is 19.6 Å². The van der Waals surface area contributed by atoms with Gasteiger partial charge in [-0.15, -0.1) is 5.10 Å². The van der Waals surface area contributed by atoms with Crippen LogP contribution in [0.1, 0.15) is 11.6 Å². The number of benzene rings is 1. The van der Waals surface area contributed by atoms with Gasteiger partial charge in [-0.25, -0.2) is 13.9 Å². The lowest BCUT2D eigenvalue weighted by Gasteiger charge is -2.31. The molecule has 0 spiro atoms. The van der Waals surface area contributed by atoms with E-state index in [0.717, 1.165) is 5.56 Å². The Kier molecular flexibility index (Phi) is 4.70. The minimum Gasteiger partial charge on any atom is -0.340 e. The predicted molar refractivity (Wildman–Crippen MR) is 96.3 cm³/mol. The number of hydrogen-bond acceptors (Lipinski definition) is 5. The van der Waals surface area contributed by atoms with Crippen molar-refractivity contribution in [1.82, 2.24) is 34.9 Å². The molecule has 3 heterocycles. The Bertz CT molecular complexity index is 873. The van der Waals surface area contributed by atoms with Gasteiger partial charge in [0.2, 0.25) is 5.91 Å². The molecule has 10 heteroatoms. The van der Waals surface area contributed by atoms with Gasteiger partial charge in [0.15, 0.2) is 0 Å². The molecular weight excluding hydrogens is 365 g/mol. The first-order chi connectivity index (χ1) is 13.4. The summed E-state index contributed by atoms with van der Waals surface area (Å²) < 4.78 is 15.3. The molecule has 1 aromatic carbocycles. The molecule has 2 saturated heterocycles. The standard InChI is InChI=1S/C18H22FN7O2/c1-23(2)18(28)26-8-13-7-24(16(27)10-25-11-20-21-22-25)9-15(13)17(26)12-4-3-5-14(19)6-12/h3-6,11,13,15,17H,7-10H2,1-2H3/t13-,15-,17-/m1/s1. The van der Waals surface area contributed by atoms with E-state index in [4.69, 9.17) is 0 Å². The molecule has 0 bridgehead atoms. The second-order valence-electron chi connectivity index (χ2n) is 7.56. The molecule has 0 aliphatic carbocycles. The maximum Gasteiger partial charge on any atom is 0.320 e. The van der Waals surface area contributed by atoms with Crippen molar-refractivity contribution in [2.45, 2.75) is 12.6 Å².